The first-order valence-electron chi connectivity index (χ1n) is 8.97. The summed E-state index contributed by atoms with van der Waals surface area (Å²) in [4.78, 5) is 0. The number of aliphatic hydroxyl groups excluding tert-OH is 1. The minimum absolute atomic E-state index is 0.104. The maximum absolute atomic E-state index is 10.7. The highest BCUT2D eigenvalue weighted by Gasteiger charge is 2.50. The maximum Gasteiger partial charge on any atom is 0.0921 e. The highest BCUT2D eigenvalue weighted by molar-refractivity contribution is 5.10. The molecule has 2 bridgehead atoms. The number of ether oxygens (including phenoxy) is 1. The number of hydrogen-bond acceptors (Lipinski definition) is 2. The highest BCUT2D eigenvalue weighted by Crippen LogP contribution is 2.47. The molecule has 126 valence electrons. The monoisotopic (exact) mass is 306 g/mol. The first-order valence-corrected chi connectivity index (χ1v) is 8.97. The molecule has 2 aliphatic heterocycles. The zero-order chi connectivity index (χ0) is 16.4. The summed E-state index contributed by atoms with van der Waals surface area (Å²) in [5, 5.41) is 10.7. The van der Waals surface area contributed by atoms with Crippen molar-refractivity contribution in [2.24, 2.45) is 5.92 Å². The zero-order valence-electron chi connectivity index (χ0n) is 15.1. The number of aliphatic hydroxyl groups is 1. The Labute approximate surface area is 136 Å². The molecule has 1 N–H and O–H groups in total. The van der Waals surface area contributed by atoms with E-state index in [9.17, 15) is 5.11 Å². The third kappa shape index (κ3) is 3.83. The van der Waals surface area contributed by atoms with Crippen molar-refractivity contribution >= 4 is 0 Å². The van der Waals surface area contributed by atoms with Crippen LogP contribution in [0, 0.1) is 5.92 Å². The third-order valence-corrected chi connectivity index (χ3v) is 5.88. The van der Waals surface area contributed by atoms with Crippen LogP contribution in [0.3, 0.4) is 0 Å². The third-order valence-electron chi connectivity index (χ3n) is 5.88. The molecule has 0 aromatic carbocycles. The van der Waals surface area contributed by atoms with Gasteiger partial charge in [0.05, 0.1) is 17.3 Å². The van der Waals surface area contributed by atoms with Gasteiger partial charge in [-0.15, -0.1) is 0 Å². The van der Waals surface area contributed by atoms with Gasteiger partial charge in [-0.05, 0) is 71.6 Å². The Kier molecular flexibility index (Phi) is 5.55. The molecule has 2 heterocycles. The smallest absolute Gasteiger partial charge is 0.0921 e. The van der Waals surface area contributed by atoms with Gasteiger partial charge in [0.15, 0.2) is 0 Å². The lowest BCUT2D eigenvalue weighted by atomic mass is 9.82. The fourth-order valence-electron chi connectivity index (χ4n) is 3.81. The van der Waals surface area contributed by atoms with Gasteiger partial charge in [0.2, 0.25) is 0 Å². The van der Waals surface area contributed by atoms with E-state index in [0.29, 0.717) is 5.92 Å². The Morgan fingerprint density at radius 1 is 1.14 bits per heavy atom. The summed E-state index contributed by atoms with van der Waals surface area (Å²) in [6.45, 7) is 11.0. The Morgan fingerprint density at radius 2 is 1.82 bits per heavy atom. The largest absolute Gasteiger partial charge is 0.390 e. The summed E-state index contributed by atoms with van der Waals surface area (Å²) < 4.78 is 6.59. The van der Waals surface area contributed by atoms with Crippen LogP contribution in [-0.4, -0.2) is 22.4 Å². The summed E-state index contributed by atoms with van der Waals surface area (Å²) in [5.74, 6) is 0.468. The molecule has 1 fully saturated rings. The van der Waals surface area contributed by atoms with Crippen molar-refractivity contribution in [3.8, 4) is 0 Å². The van der Waals surface area contributed by atoms with Crippen LogP contribution in [0.25, 0.3) is 0 Å². The van der Waals surface area contributed by atoms with Gasteiger partial charge in [-0.1, -0.05) is 37.1 Å². The molecule has 2 heteroatoms. The molecule has 0 spiro atoms. The normalized spacial score (nSPS) is 42.6. The van der Waals surface area contributed by atoms with Gasteiger partial charge in [0.1, 0.15) is 0 Å². The summed E-state index contributed by atoms with van der Waals surface area (Å²) >= 11 is 0. The van der Waals surface area contributed by atoms with E-state index in [4.69, 9.17) is 4.74 Å². The minimum Gasteiger partial charge on any atom is -0.390 e. The number of hydrogen-bond donors (Lipinski definition) is 1. The van der Waals surface area contributed by atoms with Gasteiger partial charge < -0.3 is 9.84 Å². The van der Waals surface area contributed by atoms with E-state index in [-0.39, 0.29) is 17.3 Å². The topological polar surface area (TPSA) is 29.5 Å². The first kappa shape index (κ1) is 17.7. The second-order valence-corrected chi connectivity index (χ2v) is 8.03. The molecule has 0 unspecified atom stereocenters. The molecule has 22 heavy (non-hydrogen) atoms. The van der Waals surface area contributed by atoms with Crippen molar-refractivity contribution in [2.45, 2.75) is 96.9 Å². The summed E-state index contributed by atoms with van der Waals surface area (Å²) in [5.41, 5.74) is 2.36. The lowest BCUT2D eigenvalue weighted by Crippen LogP contribution is -2.44. The van der Waals surface area contributed by atoms with Gasteiger partial charge in [-0.3, -0.25) is 0 Å². The van der Waals surface area contributed by atoms with E-state index in [1.807, 2.05) is 0 Å². The van der Waals surface area contributed by atoms with Gasteiger partial charge in [-0.2, -0.15) is 0 Å². The minimum atomic E-state index is -0.389. The van der Waals surface area contributed by atoms with Crippen LogP contribution in [0.15, 0.2) is 23.3 Å². The lowest BCUT2D eigenvalue weighted by Gasteiger charge is -2.38. The first-order chi connectivity index (χ1) is 10.3. The molecule has 0 radical (unpaired) electrons. The molecule has 0 aromatic heterocycles. The second-order valence-electron chi connectivity index (χ2n) is 8.03. The van der Waals surface area contributed by atoms with E-state index >= 15 is 0 Å². The molecule has 2 aliphatic rings. The SMILES string of the molecule is C/C1=C/CC/C(C)=C/C[C@@]2(C(C)C)CC[C@@](C)(O2)[C@@H](O)CC1. The summed E-state index contributed by atoms with van der Waals surface area (Å²) in [6.07, 6.45) is 11.3. The van der Waals surface area contributed by atoms with E-state index in [1.165, 1.54) is 11.1 Å². The molecule has 2 nitrogen and oxygen atoms in total. The molecule has 0 aromatic rings. The molecule has 1 saturated heterocycles. The van der Waals surface area contributed by atoms with Crippen molar-refractivity contribution in [1.82, 2.24) is 0 Å². The predicted molar refractivity (Wildman–Crippen MR) is 92.9 cm³/mol. The molecular formula is C20H34O2. The van der Waals surface area contributed by atoms with Crippen molar-refractivity contribution in [3.05, 3.63) is 23.3 Å². The van der Waals surface area contributed by atoms with Crippen molar-refractivity contribution in [2.75, 3.05) is 0 Å². The number of fused-ring (bicyclic) bond motifs is 2. The van der Waals surface area contributed by atoms with Crippen LogP contribution >= 0.6 is 0 Å². The fraction of sp³-hybridized carbons (Fsp3) is 0.800. The molecule has 0 aliphatic carbocycles. The second kappa shape index (κ2) is 6.88. The van der Waals surface area contributed by atoms with Gasteiger partial charge >= 0.3 is 0 Å². The van der Waals surface area contributed by atoms with E-state index in [0.717, 1.165) is 44.9 Å². The average Bonchev–Trinajstić information content (AvgIpc) is 2.82. The fourth-order valence-corrected chi connectivity index (χ4v) is 3.81. The Bertz CT molecular complexity index is 449. The highest BCUT2D eigenvalue weighted by atomic mass is 16.5. The maximum atomic E-state index is 10.7. The Balaban J connectivity index is 2.27. The van der Waals surface area contributed by atoms with Crippen molar-refractivity contribution in [3.63, 3.8) is 0 Å². The molecule has 3 atom stereocenters. The summed E-state index contributed by atoms with van der Waals surface area (Å²) in [7, 11) is 0. The Hall–Kier alpha value is -0.600. The average molecular weight is 306 g/mol. The van der Waals surface area contributed by atoms with Crippen LogP contribution in [0.2, 0.25) is 0 Å². The Morgan fingerprint density at radius 3 is 2.50 bits per heavy atom. The van der Waals surface area contributed by atoms with Crippen LogP contribution in [0.5, 0.6) is 0 Å². The standard InChI is InChI=1S/C20H34O2/c1-15(2)20-12-11-17(4)8-6-7-16(3)9-10-18(21)19(5,22-20)13-14-20/h7,11,15,18,21H,6,8-10,12-14H2,1-5H3/b16-7-,17-11+/t18-,19+,20-/m0/s1. The predicted octanol–water partition coefficient (Wildman–Crippen LogP) is 5.17. The number of allylic oxidation sites excluding steroid dienone is 3. The zero-order valence-corrected chi connectivity index (χ0v) is 15.1. The molecule has 0 saturated carbocycles. The van der Waals surface area contributed by atoms with Crippen LogP contribution in [0.1, 0.15) is 79.6 Å². The van der Waals surface area contributed by atoms with E-state index in [2.05, 4.69) is 46.8 Å². The van der Waals surface area contributed by atoms with Gasteiger partial charge in [0, 0.05) is 0 Å². The van der Waals surface area contributed by atoms with E-state index < -0.39 is 0 Å². The van der Waals surface area contributed by atoms with Crippen molar-refractivity contribution < 1.29 is 9.84 Å². The quantitative estimate of drug-likeness (QED) is 0.677. The number of rotatable bonds is 1. The molecular weight excluding hydrogens is 272 g/mol. The van der Waals surface area contributed by atoms with Crippen LogP contribution in [0.4, 0.5) is 0 Å². The molecule has 0 amide bonds. The molecule has 2 rings (SSSR count). The lowest BCUT2D eigenvalue weighted by molar-refractivity contribution is -0.162. The van der Waals surface area contributed by atoms with Crippen molar-refractivity contribution in [1.29, 1.82) is 0 Å². The van der Waals surface area contributed by atoms with E-state index in [1.54, 1.807) is 0 Å². The summed E-state index contributed by atoms with van der Waals surface area (Å²) in [6, 6.07) is 0. The van der Waals surface area contributed by atoms with Crippen LogP contribution in [-0.2, 0) is 4.74 Å². The van der Waals surface area contributed by atoms with Gasteiger partial charge in [-0.25, -0.2) is 0 Å². The van der Waals surface area contributed by atoms with Crippen LogP contribution < -0.4 is 0 Å². The van der Waals surface area contributed by atoms with Gasteiger partial charge in [0.25, 0.3) is 0 Å².